The molecule has 0 aliphatic heterocycles. The van der Waals surface area contributed by atoms with Gasteiger partial charge in [-0.05, 0) is 6.92 Å². The second-order valence-corrected chi connectivity index (χ2v) is 1.25. The van der Waals surface area contributed by atoms with Crippen LogP contribution in [0.2, 0.25) is 0 Å². The Bertz CT molecular complexity index is 56.9. The number of hydrogen-bond donors (Lipinski definition) is 0. The van der Waals surface area contributed by atoms with Gasteiger partial charge in [0.2, 0.25) is 0 Å². The predicted octanol–water partition coefficient (Wildman–Crippen LogP) is -0.185. The van der Waals surface area contributed by atoms with Crippen molar-refractivity contribution in [3.05, 3.63) is 0 Å². The van der Waals surface area contributed by atoms with Crippen molar-refractivity contribution in [3.63, 3.8) is 0 Å². The molecule has 0 saturated carbocycles. The molecule has 0 N–H and O–H groups in total. The van der Waals surface area contributed by atoms with Crippen molar-refractivity contribution in [1.29, 1.82) is 0 Å². The van der Waals surface area contributed by atoms with Crippen LogP contribution < -0.4 is 0 Å². The van der Waals surface area contributed by atoms with Crippen LogP contribution in [-0.4, -0.2) is 15.4 Å². The quantitative estimate of drug-likeness (QED) is 0.421. The molecule has 0 rings (SSSR count). The second-order valence-electron chi connectivity index (χ2n) is 0.611. The van der Waals surface area contributed by atoms with Crippen molar-refractivity contribution < 1.29 is 30.0 Å². The Balaban J connectivity index is 0. The first-order valence-corrected chi connectivity index (χ1v) is 2.50. The van der Waals surface area contributed by atoms with E-state index in [4.69, 9.17) is 0 Å². The summed E-state index contributed by atoms with van der Waals surface area (Å²) in [7, 11) is 0. The van der Waals surface area contributed by atoms with E-state index in [-0.39, 0.29) is 23.7 Å². The average molecular weight is 165 g/mol. The first-order chi connectivity index (χ1) is 2.77. The molecule has 7 heavy (non-hydrogen) atoms. The molecule has 0 aromatic carbocycles. The molecule has 0 aliphatic carbocycles. The van der Waals surface area contributed by atoms with Crippen LogP contribution in [0.15, 0.2) is 0 Å². The molecular formula is C2H5FeO3S-. The Morgan fingerprint density at radius 2 is 2.29 bits per heavy atom. The van der Waals surface area contributed by atoms with E-state index in [1.165, 1.54) is 0 Å². The molecule has 3 nitrogen and oxygen atoms in total. The van der Waals surface area contributed by atoms with Gasteiger partial charge in [-0.3, -0.25) is 0 Å². The van der Waals surface area contributed by atoms with Crippen LogP contribution in [0.25, 0.3) is 0 Å². The molecule has 0 saturated heterocycles. The van der Waals surface area contributed by atoms with Gasteiger partial charge in [-0.15, -0.1) is 0 Å². The smallest absolute Gasteiger partial charge is 0.0841 e. The summed E-state index contributed by atoms with van der Waals surface area (Å²) in [5.74, 6) is 0. The summed E-state index contributed by atoms with van der Waals surface area (Å²) in [5, 5.41) is 0. The van der Waals surface area contributed by atoms with Crippen molar-refractivity contribution in [2.45, 2.75) is 6.92 Å². The zero-order valence-corrected chi connectivity index (χ0v) is 5.61. The minimum absolute atomic E-state index is 0. The van der Waals surface area contributed by atoms with E-state index in [0.717, 1.165) is 0 Å². The molecule has 0 bridgehead atoms. The zero-order chi connectivity index (χ0) is 4.99. The van der Waals surface area contributed by atoms with E-state index >= 15 is 0 Å². The SMILES string of the molecule is CCOS(=O)[O-].[Fe]. The summed E-state index contributed by atoms with van der Waals surface area (Å²) in [4.78, 5) is 0. The van der Waals surface area contributed by atoms with Crippen molar-refractivity contribution in [2.75, 3.05) is 6.61 Å². The van der Waals surface area contributed by atoms with Crippen LogP contribution in [0.5, 0.6) is 0 Å². The minimum Gasteiger partial charge on any atom is -0.750 e. The molecule has 46 valence electrons. The Hall–Kier alpha value is 0.589. The summed E-state index contributed by atoms with van der Waals surface area (Å²) in [5.41, 5.74) is 0. The van der Waals surface area contributed by atoms with Crippen molar-refractivity contribution in [2.24, 2.45) is 0 Å². The minimum atomic E-state index is -2.32. The van der Waals surface area contributed by atoms with E-state index in [1.54, 1.807) is 6.92 Å². The fraction of sp³-hybridized carbons (Fsp3) is 1.00. The topological polar surface area (TPSA) is 49.4 Å². The van der Waals surface area contributed by atoms with Crippen LogP contribution >= 0.6 is 0 Å². The number of rotatable bonds is 2. The van der Waals surface area contributed by atoms with Gasteiger partial charge in [-0.2, -0.15) is 0 Å². The molecule has 0 fully saturated rings. The van der Waals surface area contributed by atoms with Gasteiger partial charge >= 0.3 is 0 Å². The third-order valence-electron chi connectivity index (χ3n) is 0.214. The maximum absolute atomic E-state index is 9.38. The number of hydrogen-bond acceptors (Lipinski definition) is 3. The van der Waals surface area contributed by atoms with Gasteiger partial charge in [0.15, 0.2) is 0 Å². The van der Waals surface area contributed by atoms with Gasteiger partial charge in [0.1, 0.15) is 0 Å². The fourth-order valence-corrected chi connectivity index (χ4v) is 0.289. The van der Waals surface area contributed by atoms with Gasteiger partial charge in [0.05, 0.1) is 18.0 Å². The van der Waals surface area contributed by atoms with Crippen molar-refractivity contribution in [1.82, 2.24) is 0 Å². The average Bonchev–Trinajstić information content (AvgIpc) is 1.35. The fourth-order valence-electron chi connectivity index (χ4n) is 0.0962. The van der Waals surface area contributed by atoms with E-state index in [0.29, 0.717) is 0 Å². The van der Waals surface area contributed by atoms with E-state index < -0.39 is 11.4 Å². The van der Waals surface area contributed by atoms with E-state index in [9.17, 15) is 8.76 Å². The maximum atomic E-state index is 9.38. The van der Waals surface area contributed by atoms with Crippen molar-refractivity contribution in [3.8, 4) is 0 Å². The molecule has 0 aliphatic rings. The largest absolute Gasteiger partial charge is 0.750 e. The standard InChI is InChI=1S/C2H6O3S.Fe/c1-2-5-6(3)4;/h2H2,1H3,(H,3,4);/p-1. The maximum Gasteiger partial charge on any atom is 0.0841 e. The second kappa shape index (κ2) is 6.59. The Labute approximate surface area is 55.4 Å². The molecule has 0 aromatic heterocycles. The summed E-state index contributed by atoms with van der Waals surface area (Å²) in [6.45, 7) is 1.83. The molecule has 1 atom stereocenters. The molecule has 0 aromatic rings. The summed E-state index contributed by atoms with van der Waals surface area (Å²) < 4.78 is 22.7. The van der Waals surface area contributed by atoms with Gasteiger partial charge in [0, 0.05) is 17.1 Å². The zero-order valence-electron chi connectivity index (χ0n) is 3.69. The Kier molecular flexibility index (Phi) is 9.93. The van der Waals surface area contributed by atoms with Crippen LogP contribution in [0.4, 0.5) is 0 Å². The van der Waals surface area contributed by atoms with Crippen LogP contribution in [-0.2, 0) is 32.6 Å². The Morgan fingerprint density at radius 3 is 2.29 bits per heavy atom. The molecule has 5 heteroatoms. The van der Waals surface area contributed by atoms with E-state index in [1.807, 2.05) is 0 Å². The summed E-state index contributed by atoms with van der Waals surface area (Å²) >= 11 is -2.32. The van der Waals surface area contributed by atoms with Gasteiger partial charge in [-0.25, -0.2) is 4.21 Å². The summed E-state index contributed by atoms with van der Waals surface area (Å²) in [6, 6.07) is 0. The third kappa shape index (κ3) is 10.8. The van der Waals surface area contributed by atoms with Crippen LogP contribution in [0.1, 0.15) is 6.92 Å². The molecule has 1 unspecified atom stereocenters. The van der Waals surface area contributed by atoms with Crippen molar-refractivity contribution >= 4 is 11.4 Å². The van der Waals surface area contributed by atoms with Gasteiger partial charge in [0.25, 0.3) is 0 Å². The first kappa shape index (κ1) is 10.5. The third-order valence-corrected chi connectivity index (χ3v) is 0.642. The predicted molar refractivity (Wildman–Crippen MR) is 20.5 cm³/mol. The summed E-state index contributed by atoms with van der Waals surface area (Å²) in [6.07, 6.45) is 0. The molecule has 0 radical (unpaired) electrons. The molecule has 0 spiro atoms. The van der Waals surface area contributed by atoms with Crippen LogP contribution in [0, 0.1) is 0 Å². The van der Waals surface area contributed by atoms with E-state index in [2.05, 4.69) is 4.18 Å². The molecular weight excluding hydrogens is 160 g/mol. The first-order valence-electron chi connectivity index (χ1n) is 1.50. The monoisotopic (exact) mass is 165 g/mol. The normalized spacial score (nSPS) is 12.3. The van der Waals surface area contributed by atoms with Crippen LogP contribution in [0.3, 0.4) is 0 Å². The Morgan fingerprint density at radius 1 is 1.86 bits per heavy atom. The molecule has 0 heterocycles. The molecule has 0 amide bonds. The van der Waals surface area contributed by atoms with Gasteiger partial charge < -0.3 is 8.74 Å². The van der Waals surface area contributed by atoms with Gasteiger partial charge in [-0.1, -0.05) is 0 Å².